The molecule has 7 heteroatoms. The quantitative estimate of drug-likeness (QED) is 0.865. The molecule has 0 aliphatic carbocycles. The van der Waals surface area contributed by atoms with Gasteiger partial charge in [0.15, 0.2) is 0 Å². The first kappa shape index (κ1) is 17.0. The Bertz CT molecular complexity index is 754. The molecule has 1 aromatic carbocycles. The summed E-state index contributed by atoms with van der Waals surface area (Å²) in [6, 6.07) is 7.52. The molecule has 1 aliphatic heterocycles. The molecular formula is C18H22N4O3. The third kappa shape index (κ3) is 3.81. The first-order valence-electron chi connectivity index (χ1n) is 8.34. The third-order valence-corrected chi connectivity index (χ3v) is 4.38. The number of nitrogens with zero attached hydrogens (tertiary/aromatic N) is 3. The predicted molar refractivity (Wildman–Crippen MR) is 93.2 cm³/mol. The van der Waals surface area contributed by atoms with Gasteiger partial charge in [-0.1, -0.05) is 12.1 Å². The van der Waals surface area contributed by atoms with E-state index < -0.39 is 0 Å². The molecule has 1 N–H and O–H groups in total. The molecule has 25 heavy (non-hydrogen) atoms. The van der Waals surface area contributed by atoms with E-state index in [0.29, 0.717) is 13.1 Å². The zero-order valence-corrected chi connectivity index (χ0v) is 14.4. The van der Waals surface area contributed by atoms with Crippen LogP contribution in [-0.4, -0.2) is 35.2 Å². The first-order valence-corrected chi connectivity index (χ1v) is 8.34. The van der Waals surface area contributed by atoms with Crippen LogP contribution >= 0.6 is 0 Å². The number of carbonyl (C=O) groups excluding carboxylic acids is 2. The van der Waals surface area contributed by atoms with E-state index in [1.54, 1.807) is 22.9 Å². The molecule has 1 aromatic heterocycles. The summed E-state index contributed by atoms with van der Waals surface area (Å²) >= 11 is 0. The second-order valence-electron chi connectivity index (χ2n) is 6.03. The van der Waals surface area contributed by atoms with Crippen molar-refractivity contribution in [2.45, 2.75) is 26.4 Å². The summed E-state index contributed by atoms with van der Waals surface area (Å²) in [5.74, 6) is 0.297. The zero-order valence-electron chi connectivity index (χ0n) is 14.4. The molecule has 1 atom stereocenters. The van der Waals surface area contributed by atoms with Crippen LogP contribution in [0.5, 0.6) is 5.75 Å². The fraction of sp³-hybridized carbons (Fsp3) is 0.389. The van der Waals surface area contributed by atoms with E-state index in [-0.39, 0.29) is 24.2 Å². The van der Waals surface area contributed by atoms with Crippen molar-refractivity contribution in [3.8, 4) is 5.75 Å². The van der Waals surface area contributed by atoms with Gasteiger partial charge in [0, 0.05) is 32.3 Å². The van der Waals surface area contributed by atoms with E-state index in [9.17, 15) is 9.59 Å². The molecule has 2 aromatic rings. The van der Waals surface area contributed by atoms with Gasteiger partial charge in [-0.05, 0) is 24.6 Å². The minimum atomic E-state index is -0.337. The molecule has 2 heterocycles. The lowest BCUT2D eigenvalue weighted by Gasteiger charge is -2.14. The number of anilines is 1. The van der Waals surface area contributed by atoms with Gasteiger partial charge in [-0.2, -0.15) is 5.10 Å². The molecule has 1 aliphatic rings. The van der Waals surface area contributed by atoms with Crippen LogP contribution in [0.25, 0.3) is 0 Å². The molecule has 132 valence electrons. The first-order chi connectivity index (χ1) is 12.1. The Hall–Kier alpha value is -2.83. The monoisotopic (exact) mass is 342 g/mol. The highest BCUT2D eigenvalue weighted by Crippen LogP contribution is 2.25. The number of hydrogen-bond donors (Lipinski definition) is 1. The highest BCUT2D eigenvalue weighted by Gasteiger charge is 2.35. The van der Waals surface area contributed by atoms with Gasteiger partial charge in [0.05, 0.1) is 24.9 Å². The number of rotatable bonds is 6. The van der Waals surface area contributed by atoms with Gasteiger partial charge in [-0.15, -0.1) is 0 Å². The van der Waals surface area contributed by atoms with Crippen molar-refractivity contribution in [3.63, 3.8) is 0 Å². The van der Waals surface area contributed by atoms with Gasteiger partial charge in [0.2, 0.25) is 11.8 Å². The Balaban J connectivity index is 1.56. The summed E-state index contributed by atoms with van der Waals surface area (Å²) in [5, 5.41) is 7.09. The topological polar surface area (TPSA) is 76.5 Å². The summed E-state index contributed by atoms with van der Waals surface area (Å²) < 4.78 is 6.88. The van der Waals surface area contributed by atoms with Crippen LogP contribution in [0.2, 0.25) is 0 Å². The maximum atomic E-state index is 12.4. The summed E-state index contributed by atoms with van der Waals surface area (Å²) in [5.41, 5.74) is 1.73. The maximum Gasteiger partial charge on any atom is 0.227 e. The average molecular weight is 342 g/mol. The highest BCUT2D eigenvalue weighted by molar-refractivity contribution is 6.00. The largest absolute Gasteiger partial charge is 0.497 e. The van der Waals surface area contributed by atoms with Crippen LogP contribution in [0.3, 0.4) is 0 Å². The van der Waals surface area contributed by atoms with Crippen LogP contribution < -0.4 is 15.0 Å². The second kappa shape index (κ2) is 7.38. The number of amides is 2. The third-order valence-electron chi connectivity index (χ3n) is 4.38. The minimum Gasteiger partial charge on any atom is -0.497 e. The molecule has 0 radical (unpaired) electrons. The molecular weight excluding hydrogens is 320 g/mol. The van der Waals surface area contributed by atoms with Crippen molar-refractivity contribution in [3.05, 3.63) is 42.2 Å². The van der Waals surface area contributed by atoms with E-state index in [0.717, 1.165) is 23.5 Å². The van der Waals surface area contributed by atoms with Gasteiger partial charge < -0.3 is 15.0 Å². The van der Waals surface area contributed by atoms with Crippen LogP contribution in [0, 0.1) is 5.92 Å². The highest BCUT2D eigenvalue weighted by atomic mass is 16.5. The Morgan fingerprint density at radius 3 is 2.76 bits per heavy atom. The molecule has 0 spiro atoms. The maximum absolute atomic E-state index is 12.4. The number of aromatic nitrogens is 2. The lowest BCUT2D eigenvalue weighted by Crippen LogP contribution is -2.32. The summed E-state index contributed by atoms with van der Waals surface area (Å²) in [6.07, 6.45) is 3.72. The number of nitrogens with one attached hydrogen (secondary N) is 1. The van der Waals surface area contributed by atoms with E-state index >= 15 is 0 Å². The predicted octanol–water partition coefficient (Wildman–Crippen LogP) is 1.58. The van der Waals surface area contributed by atoms with Crippen LogP contribution in [-0.2, 0) is 22.7 Å². The Morgan fingerprint density at radius 1 is 1.36 bits per heavy atom. The number of aryl methyl sites for hydroxylation is 1. The van der Waals surface area contributed by atoms with E-state index in [2.05, 4.69) is 10.4 Å². The number of ether oxygens (including phenoxy) is 1. The van der Waals surface area contributed by atoms with E-state index in [1.807, 2.05) is 37.4 Å². The molecule has 1 unspecified atom stereocenters. The molecule has 1 fully saturated rings. The standard InChI is InChI=1S/C18H22N4O3/c1-3-21-12-15(10-20-21)22-11-14(8-17(22)23)18(24)19-9-13-4-6-16(25-2)7-5-13/h4-7,10,12,14H,3,8-9,11H2,1-2H3,(H,19,24). The summed E-state index contributed by atoms with van der Waals surface area (Å²) in [7, 11) is 1.61. The van der Waals surface area contributed by atoms with Crippen LogP contribution in [0.15, 0.2) is 36.7 Å². The SMILES string of the molecule is CCn1cc(N2CC(C(=O)NCc3ccc(OC)cc3)CC2=O)cn1. The molecule has 3 rings (SSSR count). The average Bonchev–Trinajstić information content (AvgIpc) is 3.26. The zero-order chi connectivity index (χ0) is 17.8. The van der Waals surface area contributed by atoms with Crippen molar-refractivity contribution < 1.29 is 14.3 Å². The minimum absolute atomic E-state index is 0.0414. The van der Waals surface area contributed by atoms with Crippen molar-refractivity contribution >= 4 is 17.5 Å². The lowest BCUT2D eigenvalue weighted by atomic mass is 10.1. The van der Waals surface area contributed by atoms with Gasteiger partial charge in [-0.25, -0.2) is 0 Å². The van der Waals surface area contributed by atoms with Crippen molar-refractivity contribution in [1.82, 2.24) is 15.1 Å². The van der Waals surface area contributed by atoms with Gasteiger partial charge >= 0.3 is 0 Å². The van der Waals surface area contributed by atoms with Crippen molar-refractivity contribution in [2.75, 3.05) is 18.6 Å². The molecule has 2 amide bonds. The number of methoxy groups -OCH3 is 1. The smallest absolute Gasteiger partial charge is 0.227 e. The number of benzene rings is 1. The summed E-state index contributed by atoms with van der Waals surface area (Å²) in [6.45, 7) is 3.55. The second-order valence-corrected chi connectivity index (χ2v) is 6.03. The van der Waals surface area contributed by atoms with E-state index in [4.69, 9.17) is 4.74 Å². The normalized spacial score (nSPS) is 17.0. The molecule has 7 nitrogen and oxygen atoms in total. The van der Waals surface area contributed by atoms with Gasteiger partial charge in [-0.3, -0.25) is 14.3 Å². The number of carbonyl (C=O) groups is 2. The van der Waals surface area contributed by atoms with Crippen molar-refractivity contribution in [1.29, 1.82) is 0 Å². The van der Waals surface area contributed by atoms with Crippen LogP contribution in [0.1, 0.15) is 18.9 Å². The van der Waals surface area contributed by atoms with Gasteiger partial charge in [0.25, 0.3) is 0 Å². The summed E-state index contributed by atoms with van der Waals surface area (Å²) in [4.78, 5) is 26.3. The van der Waals surface area contributed by atoms with Crippen LogP contribution in [0.4, 0.5) is 5.69 Å². The Morgan fingerprint density at radius 2 is 2.12 bits per heavy atom. The van der Waals surface area contributed by atoms with Crippen molar-refractivity contribution in [2.24, 2.45) is 5.92 Å². The van der Waals surface area contributed by atoms with E-state index in [1.165, 1.54) is 0 Å². The molecule has 1 saturated heterocycles. The molecule has 0 bridgehead atoms. The fourth-order valence-electron chi connectivity index (χ4n) is 2.87. The Kier molecular flexibility index (Phi) is 5.02. The fourth-order valence-corrected chi connectivity index (χ4v) is 2.87. The molecule has 0 saturated carbocycles. The lowest BCUT2D eigenvalue weighted by molar-refractivity contribution is -0.126. The Labute approximate surface area is 146 Å². The van der Waals surface area contributed by atoms with Gasteiger partial charge in [0.1, 0.15) is 5.75 Å². The number of hydrogen-bond acceptors (Lipinski definition) is 4.